The molecule has 30 heavy (non-hydrogen) atoms. The predicted molar refractivity (Wildman–Crippen MR) is 122 cm³/mol. The van der Waals surface area contributed by atoms with Crippen LogP contribution in [0.1, 0.15) is 42.4 Å². The van der Waals surface area contributed by atoms with E-state index in [4.69, 9.17) is 11.6 Å². The smallest absolute Gasteiger partial charge is 0.223 e. The summed E-state index contributed by atoms with van der Waals surface area (Å²) >= 11 is 6.29. The summed E-state index contributed by atoms with van der Waals surface area (Å²) in [6.07, 6.45) is 4.42. The first-order chi connectivity index (χ1) is 14.7. The Labute approximate surface area is 185 Å². The van der Waals surface area contributed by atoms with Gasteiger partial charge in [0.2, 0.25) is 5.91 Å². The highest BCUT2D eigenvalue weighted by molar-refractivity contribution is 6.31. The van der Waals surface area contributed by atoms with E-state index >= 15 is 0 Å². The molecule has 0 bridgehead atoms. The van der Waals surface area contributed by atoms with Gasteiger partial charge in [-0.1, -0.05) is 54.1 Å². The quantitative estimate of drug-likeness (QED) is 0.711. The summed E-state index contributed by atoms with van der Waals surface area (Å²) in [6, 6.07) is 16.5. The van der Waals surface area contributed by atoms with Crippen LogP contribution in [0.5, 0.6) is 0 Å². The van der Waals surface area contributed by atoms with Crippen molar-refractivity contribution in [2.75, 3.05) is 26.2 Å². The lowest BCUT2D eigenvalue weighted by Gasteiger charge is -2.31. The molecule has 0 atom stereocenters. The maximum atomic E-state index is 12.8. The van der Waals surface area contributed by atoms with Crippen molar-refractivity contribution in [2.45, 2.75) is 45.3 Å². The van der Waals surface area contributed by atoms with Gasteiger partial charge < -0.3 is 5.32 Å². The van der Waals surface area contributed by atoms with Crippen molar-refractivity contribution in [1.82, 2.24) is 15.1 Å². The summed E-state index contributed by atoms with van der Waals surface area (Å²) in [5.41, 5.74) is 3.75. The number of halogens is 1. The molecule has 2 aliphatic rings. The molecule has 0 spiro atoms. The largest absolute Gasteiger partial charge is 0.352 e. The normalized spacial score (nSPS) is 18.6. The third-order valence-electron chi connectivity index (χ3n) is 6.47. The van der Waals surface area contributed by atoms with E-state index in [2.05, 4.69) is 45.4 Å². The fraction of sp³-hybridized carbons (Fsp3) is 0.480. The Morgan fingerprint density at radius 2 is 1.40 bits per heavy atom. The summed E-state index contributed by atoms with van der Waals surface area (Å²) in [5, 5.41) is 4.03. The molecule has 5 heteroatoms. The van der Waals surface area contributed by atoms with Gasteiger partial charge in [0.05, 0.1) is 0 Å². The Bertz CT molecular complexity index is 842. The number of likely N-dealkylation sites (tertiary alicyclic amines) is 2. The maximum absolute atomic E-state index is 12.8. The SMILES string of the molecule is O=C(NCc1ccccc1CN1CCCC1)C1CCN(Cc2ccccc2Cl)CC1. The van der Waals surface area contributed by atoms with E-state index in [1.165, 1.54) is 37.1 Å². The number of piperidine rings is 1. The van der Waals surface area contributed by atoms with Gasteiger partial charge in [-0.05, 0) is 74.6 Å². The van der Waals surface area contributed by atoms with Crippen LogP contribution < -0.4 is 5.32 Å². The van der Waals surface area contributed by atoms with Crippen LogP contribution in [0.4, 0.5) is 0 Å². The van der Waals surface area contributed by atoms with Crippen LogP contribution in [0, 0.1) is 5.92 Å². The molecular weight excluding hydrogens is 394 g/mol. The van der Waals surface area contributed by atoms with Crippen LogP contribution in [0.3, 0.4) is 0 Å². The van der Waals surface area contributed by atoms with Crippen molar-refractivity contribution in [3.8, 4) is 0 Å². The topological polar surface area (TPSA) is 35.6 Å². The molecule has 2 aromatic rings. The van der Waals surface area contributed by atoms with Gasteiger partial charge in [-0.25, -0.2) is 0 Å². The second kappa shape index (κ2) is 10.4. The second-order valence-electron chi connectivity index (χ2n) is 8.61. The minimum atomic E-state index is 0.109. The Morgan fingerprint density at radius 1 is 0.833 bits per heavy atom. The van der Waals surface area contributed by atoms with E-state index in [1.807, 2.05) is 18.2 Å². The van der Waals surface area contributed by atoms with Crippen molar-refractivity contribution in [2.24, 2.45) is 5.92 Å². The van der Waals surface area contributed by atoms with Gasteiger partial charge in [-0.3, -0.25) is 14.6 Å². The number of hydrogen-bond donors (Lipinski definition) is 1. The number of carbonyl (C=O) groups excluding carboxylic acids is 1. The fourth-order valence-electron chi connectivity index (χ4n) is 4.61. The number of carbonyl (C=O) groups is 1. The number of rotatable bonds is 7. The van der Waals surface area contributed by atoms with Gasteiger partial charge >= 0.3 is 0 Å². The Balaban J connectivity index is 1.25. The van der Waals surface area contributed by atoms with Gasteiger partial charge in [0, 0.05) is 30.6 Å². The van der Waals surface area contributed by atoms with Crippen molar-refractivity contribution in [1.29, 1.82) is 0 Å². The Kier molecular flexibility index (Phi) is 7.42. The van der Waals surface area contributed by atoms with Crippen molar-refractivity contribution in [3.05, 3.63) is 70.2 Å². The molecule has 2 fully saturated rings. The van der Waals surface area contributed by atoms with E-state index < -0.39 is 0 Å². The van der Waals surface area contributed by atoms with E-state index in [-0.39, 0.29) is 11.8 Å². The number of hydrogen-bond acceptors (Lipinski definition) is 3. The first-order valence-electron chi connectivity index (χ1n) is 11.2. The second-order valence-corrected chi connectivity index (χ2v) is 9.02. The van der Waals surface area contributed by atoms with E-state index in [0.29, 0.717) is 6.54 Å². The molecule has 1 amide bonds. The third-order valence-corrected chi connectivity index (χ3v) is 6.84. The van der Waals surface area contributed by atoms with Gasteiger partial charge in [0.25, 0.3) is 0 Å². The molecule has 0 unspecified atom stereocenters. The number of amides is 1. The zero-order chi connectivity index (χ0) is 20.8. The molecule has 1 N–H and O–H groups in total. The van der Waals surface area contributed by atoms with Crippen LogP contribution in [0.15, 0.2) is 48.5 Å². The summed E-state index contributed by atoms with van der Waals surface area (Å²) in [4.78, 5) is 17.7. The predicted octanol–water partition coefficient (Wildman–Crippen LogP) is 4.46. The molecule has 0 aromatic heterocycles. The van der Waals surface area contributed by atoms with Crippen molar-refractivity contribution >= 4 is 17.5 Å². The Hall–Kier alpha value is -1.88. The highest BCUT2D eigenvalue weighted by atomic mass is 35.5. The lowest BCUT2D eigenvalue weighted by atomic mass is 9.95. The molecule has 2 aliphatic heterocycles. The van der Waals surface area contributed by atoms with E-state index in [1.54, 1.807) is 0 Å². The lowest BCUT2D eigenvalue weighted by molar-refractivity contribution is -0.126. The van der Waals surface area contributed by atoms with E-state index in [9.17, 15) is 4.79 Å². The lowest BCUT2D eigenvalue weighted by Crippen LogP contribution is -2.40. The van der Waals surface area contributed by atoms with Crippen LogP contribution in [0.2, 0.25) is 5.02 Å². The molecule has 0 aliphatic carbocycles. The van der Waals surface area contributed by atoms with Crippen LogP contribution >= 0.6 is 11.6 Å². The number of benzene rings is 2. The molecule has 2 heterocycles. The first-order valence-corrected chi connectivity index (χ1v) is 11.6. The molecule has 160 valence electrons. The summed E-state index contributed by atoms with van der Waals surface area (Å²) < 4.78 is 0. The highest BCUT2D eigenvalue weighted by Gasteiger charge is 2.25. The van der Waals surface area contributed by atoms with Crippen LogP contribution in [-0.2, 0) is 24.4 Å². The molecule has 0 saturated carbocycles. The summed E-state index contributed by atoms with van der Waals surface area (Å²) in [7, 11) is 0. The fourth-order valence-corrected chi connectivity index (χ4v) is 4.81. The molecule has 4 nitrogen and oxygen atoms in total. The Morgan fingerprint density at radius 3 is 2.10 bits per heavy atom. The number of nitrogens with zero attached hydrogens (tertiary/aromatic N) is 2. The average Bonchev–Trinajstić information content (AvgIpc) is 3.28. The van der Waals surface area contributed by atoms with Crippen molar-refractivity contribution < 1.29 is 4.79 Å². The van der Waals surface area contributed by atoms with Crippen LogP contribution in [0.25, 0.3) is 0 Å². The van der Waals surface area contributed by atoms with Gasteiger partial charge in [0.1, 0.15) is 0 Å². The zero-order valence-corrected chi connectivity index (χ0v) is 18.4. The highest BCUT2D eigenvalue weighted by Crippen LogP contribution is 2.23. The van der Waals surface area contributed by atoms with E-state index in [0.717, 1.165) is 49.6 Å². The molecule has 0 radical (unpaired) electrons. The maximum Gasteiger partial charge on any atom is 0.223 e. The van der Waals surface area contributed by atoms with Gasteiger partial charge in [-0.2, -0.15) is 0 Å². The summed E-state index contributed by atoms with van der Waals surface area (Å²) in [6.45, 7) is 6.73. The third kappa shape index (κ3) is 5.63. The van der Waals surface area contributed by atoms with Gasteiger partial charge in [-0.15, -0.1) is 0 Å². The van der Waals surface area contributed by atoms with Crippen LogP contribution in [-0.4, -0.2) is 41.9 Å². The zero-order valence-electron chi connectivity index (χ0n) is 17.7. The minimum Gasteiger partial charge on any atom is -0.352 e. The molecule has 2 aromatic carbocycles. The summed E-state index contributed by atoms with van der Waals surface area (Å²) in [5.74, 6) is 0.307. The number of nitrogens with one attached hydrogen (secondary N) is 1. The van der Waals surface area contributed by atoms with Gasteiger partial charge in [0.15, 0.2) is 0 Å². The standard InChI is InChI=1S/C25H32ClN3O/c26-24-10-4-3-9-23(24)19-29-15-11-20(12-16-29)25(30)27-17-21-7-1-2-8-22(21)18-28-13-5-6-14-28/h1-4,7-10,20H,5-6,11-19H2,(H,27,30). The molecule has 2 saturated heterocycles. The molecule has 4 rings (SSSR count). The first kappa shape index (κ1) is 21.4. The monoisotopic (exact) mass is 425 g/mol. The minimum absolute atomic E-state index is 0.109. The van der Waals surface area contributed by atoms with Crippen molar-refractivity contribution in [3.63, 3.8) is 0 Å². The molecular formula is C25H32ClN3O. The average molecular weight is 426 g/mol.